The summed E-state index contributed by atoms with van der Waals surface area (Å²) in [6.07, 6.45) is -4.95. The van der Waals surface area contributed by atoms with Crippen LogP contribution >= 0.6 is 0 Å². The molecule has 1 aromatic carbocycles. The van der Waals surface area contributed by atoms with Crippen LogP contribution in [0.2, 0.25) is 0 Å². The van der Waals surface area contributed by atoms with Gasteiger partial charge in [-0.05, 0) is 36.6 Å². The van der Waals surface area contributed by atoms with E-state index in [1.807, 2.05) is 0 Å². The van der Waals surface area contributed by atoms with E-state index in [1.54, 1.807) is 0 Å². The molecule has 0 saturated carbocycles. The van der Waals surface area contributed by atoms with Crippen molar-refractivity contribution in [2.75, 3.05) is 7.11 Å². The summed E-state index contributed by atoms with van der Waals surface area (Å²) < 4.78 is 81.7. The SMILES string of the molecule is C#CCCC[C@@H](NC(=O)Cc1cc(C(F)(F)F)cc(C(F)(F)F)c1)C(=O)OC. The van der Waals surface area contributed by atoms with E-state index in [1.165, 1.54) is 0 Å². The Labute approximate surface area is 157 Å². The number of methoxy groups -OCH3 is 1. The number of esters is 1. The fraction of sp³-hybridized carbons (Fsp3) is 0.444. The van der Waals surface area contributed by atoms with Gasteiger partial charge in [-0.3, -0.25) is 4.79 Å². The van der Waals surface area contributed by atoms with Crippen LogP contribution in [0.3, 0.4) is 0 Å². The molecule has 0 unspecified atom stereocenters. The number of benzene rings is 1. The molecular formula is C18H17F6NO3. The molecule has 0 bridgehead atoms. The van der Waals surface area contributed by atoms with Gasteiger partial charge in [-0.2, -0.15) is 26.3 Å². The van der Waals surface area contributed by atoms with Crippen molar-refractivity contribution in [3.63, 3.8) is 0 Å². The summed E-state index contributed by atoms with van der Waals surface area (Å²) in [5.41, 5.74) is -3.54. The van der Waals surface area contributed by atoms with Crippen LogP contribution in [0.4, 0.5) is 26.3 Å². The van der Waals surface area contributed by atoms with Crippen LogP contribution < -0.4 is 5.32 Å². The average molecular weight is 409 g/mol. The second-order valence-corrected chi connectivity index (χ2v) is 5.83. The number of rotatable bonds is 7. The number of carbonyl (C=O) groups is 2. The molecule has 1 rings (SSSR count). The minimum absolute atomic E-state index is 0.0293. The van der Waals surface area contributed by atoms with E-state index < -0.39 is 53.4 Å². The van der Waals surface area contributed by atoms with Crippen LogP contribution in [0.1, 0.15) is 36.0 Å². The molecule has 0 heterocycles. The number of alkyl halides is 6. The van der Waals surface area contributed by atoms with E-state index in [-0.39, 0.29) is 12.5 Å². The highest BCUT2D eigenvalue weighted by Gasteiger charge is 2.37. The van der Waals surface area contributed by atoms with Gasteiger partial charge >= 0.3 is 18.3 Å². The Morgan fingerprint density at radius 1 is 1.11 bits per heavy atom. The molecule has 0 spiro atoms. The molecule has 10 heteroatoms. The van der Waals surface area contributed by atoms with Gasteiger partial charge in [-0.15, -0.1) is 12.3 Å². The molecule has 1 N–H and O–H groups in total. The molecule has 0 aliphatic carbocycles. The molecule has 0 aliphatic heterocycles. The van der Waals surface area contributed by atoms with Crippen molar-refractivity contribution in [2.45, 2.75) is 44.1 Å². The molecule has 0 fully saturated rings. The number of terminal acetylenes is 1. The van der Waals surface area contributed by atoms with Gasteiger partial charge in [0.15, 0.2) is 0 Å². The van der Waals surface area contributed by atoms with Crippen LogP contribution in [0.5, 0.6) is 0 Å². The van der Waals surface area contributed by atoms with Crippen LogP contribution in [0.25, 0.3) is 0 Å². The van der Waals surface area contributed by atoms with Crippen LogP contribution in [-0.2, 0) is 33.1 Å². The third kappa shape index (κ3) is 7.13. The number of nitrogens with one attached hydrogen (secondary N) is 1. The van der Waals surface area contributed by atoms with Gasteiger partial charge in [-0.1, -0.05) is 0 Å². The summed E-state index contributed by atoms with van der Waals surface area (Å²) in [6.45, 7) is 0. The van der Waals surface area contributed by atoms with Gasteiger partial charge < -0.3 is 10.1 Å². The minimum Gasteiger partial charge on any atom is -0.467 e. The highest BCUT2D eigenvalue weighted by molar-refractivity contribution is 5.85. The highest BCUT2D eigenvalue weighted by atomic mass is 19.4. The number of unbranched alkanes of at least 4 members (excludes halogenated alkanes) is 1. The molecule has 0 saturated heterocycles. The molecule has 0 radical (unpaired) electrons. The maximum Gasteiger partial charge on any atom is 0.416 e. The van der Waals surface area contributed by atoms with E-state index in [0.717, 1.165) is 7.11 Å². The summed E-state index contributed by atoms with van der Waals surface area (Å²) >= 11 is 0. The Morgan fingerprint density at radius 2 is 1.64 bits per heavy atom. The van der Waals surface area contributed by atoms with Gasteiger partial charge in [0.1, 0.15) is 6.04 Å². The normalized spacial score (nSPS) is 12.8. The molecule has 0 aliphatic rings. The lowest BCUT2D eigenvalue weighted by Gasteiger charge is -2.17. The zero-order valence-corrected chi connectivity index (χ0v) is 14.7. The number of carbonyl (C=O) groups excluding carboxylic acids is 2. The Hall–Kier alpha value is -2.70. The fourth-order valence-electron chi connectivity index (χ4n) is 2.35. The number of amides is 1. The first-order valence-electron chi connectivity index (χ1n) is 7.97. The van der Waals surface area contributed by atoms with Crippen molar-refractivity contribution in [3.05, 3.63) is 34.9 Å². The second kappa shape index (κ2) is 9.48. The van der Waals surface area contributed by atoms with Gasteiger partial charge in [0.2, 0.25) is 5.91 Å². The number of hydrogen-bond donors (Lipinski definition) is 1. The Bertz CT molecular complexity index is 717. The molecular weight excluding hydrogens is 392 g/mol. The van der Waals surface area contributed by atoms with E-state index >= 15 is 0 Å². The van der Waals surface area contributed by atoms with Gasteiger partial charge in [0, 0.05) is 6.42 Å². The highest BCUT2D eigenvalue weighted by Crippen LogP contribution is 2.36. The van der Waals surface area contributed by atoms with Crippen LogP contribution in [0.15, 0.2) is 18.2 Å². The molecule has 0 aromatic heterocycles. The summed E-state index contributed by atoms with van der Waals surface area (Å²) in [6, 6.07) is -0.224. The maximum atomic E-state index is 12.9. The summed E-state index contributed by atoms with van der Waals surface area (Å²) in [7, 11) is 1.07. The Kier molecular flexibility index (Phi) is 7.90. The molecule has 28 heavy (non-hydrogen) atoms. The molecule has 4 nitrogen and oxygen atoms in total. The zero-order chi connectivity index (χ0) is 21.5. The topological polar surface area (TPSA) is 55.4 Å². The van der Waals surface area contributed by atoms with Crippen molar-refractivity contribution >= 4 is 11.9 Å². The average Bonchev–Trinajstić information content (AvgIpc) is 2.58. The second-order valence-electron chi connectivity index (χ2n) is 5.83. The number of hydrogen-bond acceptors (Lipinski definition) is 3. The van der Waals surface area contributed by atoms with Crippen molar-refractivity contribution in [1.82, 2.24) is 5.32 Å². The first-order chi connectivity index (χ1) is 12.9. The quantitative estimate of drug-likeness (QED) is 0.323. The largest absolute Gasteiger partial charge is 0.467 e. The predicted molar refractivity (Wildman–Crippen MR) is 86.8 cm³/mol. The third-order valence-electron chi connectivity index (χ3n) is 3.65. The maximum absolute atomic E-state index is 12.9. The monoisotopic (exact) mass is 409 g/mol. The Morgan fingerprint density at radius 3 is 2.07 bits per heavy atom. The van der Waals surface area contributed by atoms with Gasteiger partial charge in [0.05, 0.1) is 24.7 Å². The smallest absolute Gasteiger partial charge is 0.416 e. The lowest BCUT2D eigenvalue weighted by Crippen LogP contribution is -2.42. The first kappa shape index (κ1) is 23.3. The van der Waals surface area contributed by atoms with Crippen molar-refractivity contribution in [1.29, 1.82) is 0 Å². The molecule has 1 aromatic rings. The zero-order valence-electron chi connectivity index (χ0n) is 14.7. The van der Waals surface area contributed by atoms with Crippen LogP contribution in [-0.4, -0.2) is 25.0 Å². The lowest BCUT2D eigenvalue weighted by molar-refractivity contribution is -0.145. The molecule has 1 amide bonds. The molecule has 1 atom stereocenters. The van der Waals surface area contributed by atoms with Gasteiger partial charge in [0.25, 0.3) is 0 Å². The first-order valence-corrected chi connectivity index (χ1v) is 7.97. The van der Waals surface area contributed by atoms with Crippen molar-refractivity contribution in [2.24, 2.45) is 0 Å². The number of ether oxygens (including phenoxy) is 1. The summed E-state index contributed by atoms with van der Waals surface area (Å²) in [4.78, 5) is 23.8. The summed E-state index contributed by atoms with van der Waals surface area (Å²) in [5.74, 6) is 0.608. The summed E-state index contributed by atoms with van der Waals surface area (Å²) in [5, 5.41) is 2.25. The fourth-order valence-corrected chi connectivity index (χ4v) is 2.35. The standard InChI is InChI=1S/C18H17F6NO3/c1-3-4-5-6-14(16(27)28-2)25-15(26)9-11-7-12(17(19,20)21)10-13(8-11)18(22,23)24/h1,7-8,10,14H,4-6,9H2,2H3,(H,25,26)/t14-/m1/s1. The van der Waals surface area contributed by atoms with E-state index in [4.69, 9.17) is 6.42 Å². The van der Waals surface area contributed by atoms with E-state index in [0.29, 0.717) is 25.0 Å². The van der Waals surface area contributed by atoms with E-state index in [2.05, 4.69) is 16.0 Å². The minimum atomic E-state index is -5.02. The lowest BCUT2D eigenvalue weighted by atomic mass is 10.0. The number of halogens is 6. The van der Waals surface area contributed by atoms with Crippen molar-refractivity contribution in [3.8, 4) is 12.3 Å². The third-order valence-corrected chi connectivity index (χ3v) is 3.65. The van der Waals surface area contributed by atoms with Crippen molar-refractivity contribution < 1.29 is 40.7 Å². The Balaban J connectivity index is 3.03. The molecule has 154 valence electrons. The van der Waals surface area contributed by atoms with Crippen LogP contribution in [0, 0.1) is 12.3 Å². The van der Waals surface area contributed by atoms with Gasteiger partial charge in [-0.25, -0.2) is 4.79 Å². The predicted octanol–water partition coefficient (Wildman–Crippen LogP) is 3.73. The van der Waals surface area contributed by atoms with E-state index in [9.17, 15) is 35.9 Å².